The number of aromatic nitrogens is 1. The Morgan fingerprint density at radius 2 is 2.00 bits per heavy atom. The molecule has 0 fully saturated rings. The Labute approximate surface area is 76.4 Å². The van der Waals surface area contributed by atoms with E-state index in [1.54, 1.807) is 17.8 Å². The molecule has 0 saturated heterocycles. The minimum atomic E-state index is 0.0671. The molecule has 2 nitrogen and oxygen atoms in total. The third-order valence-electron chi connectivity index (χ3n) is 2.24. The number of benzene rings is 1. The van der Waals surface area contributed by atoms with Crippen LogP contribution in [0.1, 0.15) is 5.56 Å². The minimum absolute atomic E-state index is 0.0671. The predicted octanol–water partition coefficient (Wildman–Crippen LogP) is 1.85. The molecule has 0 saturated carbocycles. The van der Waals surface area contributed by atoms with Gasteiger partial charge in [0, 0.05) is 18.6 Å². The average molecular weight is 173 g/mol. The van der Waals surface area contributed by atoms with Gasteiger partial charge >= 0.3 is 0 Å². The predicted molar refractivity (Wildman–Crippen MR) is 53.9 cm³/mol. The van der Waals surface area contributed by atoms with Gasteiger partial charge in [-0.1, -0.05) is 17.7 Å². The van der Waals surface area contributed by atoms with Crippen molar-refractivity contribution in [2.45, 2.75) is 6.92 Å². The lowest BCUT2D eigenvalue weighted by atomic mass is 10.1. The largest absolute Gasteiger partial charge is 0.318 e. The van der Waals surface area contributed by atoms with Crippen molar-refractivity contribution < 1.29 is 0 Å². The van der Waals surface area contributed by atoms with Gasteiger partial charge < -0.3 is 4.57 Å². The number of aryl methyl sites for hydroxylation is 2. The number of hydrogen-bond donors (Lipinski definition) is 0. The Morgan fingerprint density at radius 3 is 2.77 bits per heavy atom. The lowest BCUT2D eigenvalue weighted by Gasteiger charge is -2.01. The highest BCUT2D eigenvalue weighted by Crippen LogP contribution is 2.10. The molecule has 2 aromatic rings. The van der Waals surface area contributed by atoms with E-state index in [0.29, 0.717) is 0 Å². The average Bonchev–Trinajstić information content (AvgIpc) is 2.12. The molecule has 2 heteroatoms. The molecule has 1 heterocycles. The van der Waals surface area contributed by atoms with E-state index in [1.165, 1.54) is 5.56 Å². The number of rotatable bonds is 0. The molecule has 0 N–H and O–H groups in total. The van der Waals surface area contributed by atoms with Gasteiger partial charge in [0.15, 0.2) is 0 Å². The second-order valence-corrected chi connectivity index (χ2v) is 3.32. The fourth-order valence-corrected chi connectivity index (χ4v) is 1.46. The van der Waals surface area contributed by atoms with Crippen molar-refractivity contribution in [2.75, 3.05) is 0 Å². The lowest BCUT2D eigenvalue weighted by Crippen LogP contribution is -2.15. The van der Waals surface area contributed by atoms with E-state index in [0.717, 1.165) is 10.8 Å². The van der Waals surface area contributed by atoms with Crippen LogP contribution in [-0.2, 0) is 7.05 Å². The van der Waals surface area contributed by atoms with Crippen LogP contribution in [0.3, 0.4) is 0 Å². The summed E-state index contributed by atoms with van der Waals surface area (Å²) in [4.78, 5) is 11.6. The monoisotopic (exact) mass is 173 g/mol. The molecule has 0 bridgehead atoms. The molecule has 0 unspecified atom stereocenters. The molecule has 1 aromatic carbocycles. The number of fused-ring (bicyclic) bond motifs is 1. The number of nitrogens with zero attached hydrogens (tertiary/aromatic N) is 1. The molecule has 0 spiro atoms. The summed E-state index contributed by atoms with van der Waals surface area (Å²) in [5.74, 6) is 0. The molecular weight excluding hydrogens is 162 g/mol. The second-order valence-electron chi connectivity index (χ2n) is 3.32. The number of pyridine rings is 1. The maximum Gasteiger partial charge on any atom is 0.258 e. The van der Waals surface area contributed by atoms with Gasteiger partial charge in [-0.3, -0.25) is 4.79 Å². The van der Waals surface area contributed by atoms with Gasteiger partial charge in [-0.2, -0.15) is 0 Å². The topological polar surface area (TPSA) is 22.0 Å². The summed E-state index contributed by atoms with van der Waals surface area (Å²) >= 11 is 0. The van der Waals surface area contributed by atoms with Crippen LogP contribution in [0, 0.1) is 6.92 Å². The second kappa shape index (κ2) is 2.73. The van der Waals surface area contributed by atoms with E-state index in [2.05, 4.69) is 0 Å². The Morgan fingerprint density at radius 1 is 1.23 bits per heavy atom. The van der Waals surface area contributed by atoms with E-state index >= 15 is 0 Å². The Bertz CT molecular complexity index is 511. The molecule has 0 aliphatic carbocycles. The van der Waals surface area contributed by atoms with E-state index < -0.39 is 0 Å². The first-order valence-electron chi connectivity index (χ1n) is 4.24. The highest BCUT2D eigenvalue weighted by molar-refractivity contribution is 5.81. The van der Waals surface area contributed by atoms with E-state index in [-0.39, 0.29) is 5.56 Å². The van der Waals surface area contributed by atoms with Crippen molar-refractivity contribution >= 4 is 10.8 Å². The van der Waals surface area contributed by atoms with Crippen LogP contribution in [0.15, 0.2) is 35.3 Å². The molecule has 0 amide bonds. The first-order valence-corrected chi connectivity index (χ1v) is 4.24. The zero-order valence-electron chi connectivity index (χ0n) is 7.74. The van der Waals surface area contributed by atoms with E-state index in [9.17, 15) is 4.79 Å². The molecular formula is C11H11NO. The smallest absolute Gasteiger partial charge is 0.258 e. The zero-order chi connectivity index (χ0) is 9.42. The third-order valence-corrected chi connectivity index (χ3v) is 2.24. The van der Waals surface area contributed by atoms with Gasteiger partial charge in [-0.25, -0.2) is 0 Å². The summed E-state index contributed by atoms with van der Waals surface area (Å²) in [7, 11) is 1.77. The van der Waals surface area contributed by atoms with Crippen LogP contribution in [0.2, 0.25) is 0 Å². The lowest BCUT2D eigenvalue weighted by molar-refractivity contribution is 0.873. The summed E-state index contributed by atoms with van der Waals surface area (Å²) in [5, 5.41) is 1.80. The highest BCUT2D eigenvalue weighted by Gasteiger charge is 1.98. The van der Waals surface area contributed by atoms with E-state index in [4.69, 9.17) is 0 Å². The van der Waals surface area contributed by atoms with Gasteiger partial charge in [0.05, 0.1) is 0 Å². The summed E-state index contributed by atoms with van der Waals surface area (Å²) < 4.78 is 1.59. The van der Waals surface area contributed by atoms with Crippen LogP contribution < -0.4 is 5.56 Å². The fraction of sp³-hybridized carbons (Fsp3) is 0.182. The van der Waals surface area contributed by atoms with Gasteiger partial charge in [0.25, 0.3) is 5.56 Å². The molecule has 66 valence electrons. The standard InChI is InChI=1S/C11H11NO/c1-8-3-4-10-9(7-8)5-6-12(2)11(10)13/h3-7H,1-2H3. The maximum atomic E-state index is 11.6. The molecule has 0 aliphatic rings. The third kappa shape index (κ3) is 1.24. The Balaban J connectivity index is 2.95. The summed E-state index contributed by atoms with van der Waals surface area (Å²) in [6.45, 7) is 2.02. The van der Waals surface area contributed by atoms with Gasteiger partial charge in [-0.15, -0.1) is 0 Å². The first-order chi connectivity index (χ1) is 6.18. The maximum absolute atomic E-state index is 11.6. The molecule has 0 aliphatic heterocycles. The van der Waals surface area contributed by atoms with Gasteiger partial charge in [0.2, 0.25) is 0 Å². The van der Waals surface area contributed by atoms with Gasteiger partial charge in [-0.05, 0) is 24.4 Å². The summed E-state index contributed by atoms with van der Waals surface area (Å²) in [6.07, 6.45) is 1.80. The summed E-state index contributed by atoms with van der Waals surface area (Å²) in [5.41, 5.74) is 1.25. The fourth-order valence-electron chi connectivity index (χ4n) is 1.46. The molecule has 13 heavy (non-hydrogen) atoms. The molecule has 0 atom stereocenters. The van der Waals surface area contributed by atoms with Crippen molar-refractivity contribution in [3.63, 3.8) is 0 Å². The van der Waals surface area contributed by atoms with Crippen LogP contribution in [0.5, 0.6) is 0 Å². The van der Waals surface area contributed by atoms with Crippen LogP contribution in [-0.4, -0.2) is 4.57 Å². The van der Waals surface area contributed by atoms with Crippen molar-refractivity contribution in [3.05, 3.63) is 46.4 Å². The molecule has 0 radical (unpaired) electrons. The van der Waals surface area contributed by atoms with Crippen molar-refractivity contribution in [3.8, 4) is 0 Å². The summed E-state index contributed by atoms with van der Waals surface area (Å²) in [6, 6.07) is 7.83. The van der Waals surface area contributed by atoms with Crippen molar-refractivity contribution in [1.82, 2.24) is 4.57 Å². The normalized spacial score (nSPS) is 10.6. The quantitative estimate of drug-likeness (QED) is 0.596. The highest BCUT2D eigenvalue weighted by atomic mass is 16.1. The SMILES string of the molecule is Cc1ccc2c(=O)n(C)ccc2c1. The zero-order valence-corrected chi connectivity index (χ0v) is 7.74. The first kappa shape index (κ1) is 8.05. The van der Waals surface area contributed by atoms with Crippen LogP contribution in [0.4, 0.5) is 0 Å². The van der Waals surface area contributed by atoms with E-state index in [1.807, 2.05) is 31.2 Å². The van der Waals surface area contributed by atoms with Crippen molar-refractivity contribution in [2.24, 2.45) is 7.05 Å². The Kier molecular flexibility index (Phi) is 1.69. The Hall–Kier alpha value is -1.57. The van der Waals surface area contributed by atoms with Gasteiger partial charge in [0.1, 0.15) is 0 Å². The van der Waals surface area contributed by atoms with Crippen LogP contribution in [0.25, 0.3) is 10.8 Å². The molecule has 1 aromatic heterocycles. The van der Waals surface area contributed by atoms with Crippen molar-refractivity contribution in [1.29, 1.82) is 0 Å². The molecule has 2 rings (SSSR count). The minimum Gasteiger partial charge on any atom is -0.318 e. The number of hydrogen-bond acceptors (Lipinski definition) is 1. The van der Waals surface area contributed by atoms with Crippen LogP contribution >= 0.6 is 0 Å².